The maximum absolute atomic E-state index is 13.3. The van der Waals surface area contributed by atoms with E-state index < -0.39 is 27.0 Å². The van der Waals surface area contributed by atoms with E-state index in [4.69, 9.17) is 10.4 Å². The second-order valence-corrected chi connectivity index (χ2v) is 7.63. The summed E-state index contributed by atoms with van der Waals surface area (Å²) in [5, 5.41) is 17.5. The molecule has 7 heteroatoms. The topological polar surface area (TPSA) is 95.2 Å². The minimum atomic E-state index is -3.56. The van der Waals surface area contributed by atoms with Crippen LogP contribution < -0.4 is 0 Å². The van der Waals surface area contributed by atoms with Crippen molar-refractivity contribution in [3.8, 4) is 6.07 Å². The van der Waals surface area contributed by atoms with Crippen molar-refractivity contribution >= 4 is 15.8 Å². The molecule has 5 nitrogen and oxygen atoms in total. The van der Waals surface area contributed by atoms with Crippen LogP contribution in [0.2, 0.25) is 0 Å². The summed E-state index contributed by atoms with van der Waals surface area (Å²) < 4.78 is 37.6. The van der Waals surface area contributed by atoms with Crippen molar-refractivity contribution in [3.05, 3.63) is 35.1 Å². The number of nitrogens with zero attached hydrogens (tertiary/aromatic N) is 1. The molecule has 0 atom stereocenters. The van der Waals surface area contributed by atoms with Crippen LogP contribution in [0.5, 0.6) is 0 Å². The smallest absolute Gasteiger partial charge is 0.303 e. The SMILES string of the molecule is N#Cc1cc(F)cc(CS(=O)(=O)CC2(CC(=O)O)CC2)c1. The minimum absolute atomic E-state index is 0.0619. The van der Waals surface area contributed by atoms with Crippen LogP contribution in [0.3, 0.4) is 0 Å². The van der Waals surface area contributed by atoms with Crippen LogP contribution in [-0.4, -0.2) is 25.2 Å². The quantitative estimate of drug-likeness (QED) is 0.865. The molecule has 0 saturated heterocycles. The highest BCUT2D eigenvalue weighted by molar-refractivity contribution is 7.90. The summed E-state index contributed by atoms with van der Waals surface area (Å²) in [6, 6.07) is 5.21. The largest absolute Gasteiger partial charge is 0.481 e. The van der Waals surface area contributed by atoms with Crippen molar-refractivity contribution in [1.29, 1.82) is 5.26 Å². The Labute approximate surface area is 121 Å². The zero-order valence-corrected chi connectivity index (χ0v) is 12.0. The van der Waals surface area contributed by atoms with Crippen LogP contribution >= 0.6 is 0 Å². The van der Waals surface area contributed by atoms with Gasteiger partial charge in [-0.25, -0.2) is 12.8 Å². The Balaban J connectivity index is 2.13. The van der Waals surface area contributed by atoms with Gasteiger partial charge in [0.2, 0.25) is 0 Å². The summed E-state index contributed by atoms with van der Waals surface area (Å²) in [7, 11) is -3.56. The van der Waals surface area contributed by atoms with E-state index in [1.165, 1.54) is 6.07 Å². The fourth-order valence-electron chi connectivity index (χ4n) is 2.44. The molecule has 1 aliphatic carbocycles. The zero-order valence-electron chi connectivity index (χ0n) is 11.2. The maximum Gasteiger partial charge on any atom is 0.303 e. The third-order valence-corrected chi connectivity index (χ3v) is 5.31. The number of aliphatic carboxylic acids is 1. The first kappa shape index (κ1) is 15.4. The molecule has 0 aromatic heterocycles. The molecule has 0 spiro atoms. The molecule has 0 unspecified atom stereocenters. The first-order chi connectivity index (χ1) is 9.73. The highest BCUT2D eigenvalue weighted by Crippen LogP contribution is 2.50. The lowest BCUT2D eigenvalue weighted by atomic mass is 10.1. The lowest BCUT2D eigenvalue weighted by Crippen LogP contribution is -2.21. The maximum atomic E-state index is 13.3. The van der Waals surface area contributed by atoms with Crippen LogP contribution in [0.4, 0.5) is 4.39 Å². The number of nitriles is 1. The normalized spacial score (nSPS) is 16.2. The van der Waals surface area contributed by atoms with Gasteiger partial charge in [0.05, 0.1) is 29.6 Å². The lowest BCUT2D eigenvalue weighted by molar-refractivity contribution is -0.138. The number of rotatable bonds is 6. The van der Waals surface area contributed by atoms with Gasteiger partial charge in [-0.05, 0) is 42.0 Å². The van der Waals surface area contributed by atoms with Crippen molar-refractivity contribution in [1.82, 2.24) is 0 Å². The van der Waals surface area contributed by atoms with E-state index in [0.29, 0.717) is 12.8 Å². The monoisotopic (exact) mass is 311 g/mol. The van der Waals surface area contributed by atoms with E-state index >= 15 is 0 Å². The van der Waals surface area contributed by atoms with Crippen molar-refractivity contribution in [3.63, 3.8) is 0 Å². The molecule has 1 fully saturated rings. The van der Waals surface area contributed by atoms with Gasteiger partial charge >= 0.3 is 5.97 Å². The van der Waals surface area contributed by atoms with Gasteiger partial charge in [-0.2, -0.15) is 5.26 Å². The van der Waals surface area contributed by atoms with Gasteiger partial charge in [-0.1, -0.05) is 0 Å². The molecule has 0 bridgehead atoms. The van der Waals surface area contributed by atoms with E-state index in [9.17, 15) is 17.6 Å². The molecule has 0 heterocycles. The molecule has 1 N–H and O–H groups in total. The van der Waals surface area contributed by atoms with E-state index in [1.54, 1.807) is 6.07 Å². The number of carbonyl (C=O) groups is 1. The Kier molecular flexibility index (Phi) is 4.01. The van der Waals surface area contributed by atoms with Gasteiger partial charge in [0.25, 0.3) is 0 Å². The highest BCUT2D eigenvalue weighted by Gasteiger charge is 2.47. The van der Waals surface area contributed by atoms with Crippen LogP contribution in [0, 0.1) is 22.6 Å². The summed E-state index contributed by atoms with van der Waals surface area (Å²) in [6.07, 6.45) is 0.981. The van der Waals surface area contributed by atoms with E-state index in [1.807, 2.05) is 0 Å². The van der Waals surface area contributed by atoms with E-state index in [0.717, 1.165) is 12.1 Å². The van der Waals surface area contributed by atoms with Crippen molar-refractivity contribution in [2.45, 2.75) is 25.0 Å². The number of benzene rings is 1. The average Bonchev–Trinajstić information content (AvgIpc) is 3.04. The Hall–Kier alpha value is -1.94. The fraction of sp³-hybridized carbons (Fsp3) is 0.429. The molecule has 1 saturated carbocycles. The van der Waals surface area contributed by atoms with Crippen molar-refractivity contribution in [2.24, 2.45) is 5.41 Å². The molecule has 112 valence electrons. The van der Waals surface area contributed by atoms with Gasteiger partial charge in [-0.3, -0.25) is 4.79 Å². The van der Waals surface area contributed by atoms with Crippen LogP contribution in [0.15, 0.2) is 18.2 Å². The molecule has 0 aliphatic heterocycles. The van der Waals surface area contributed by atoms with Gasteiger partial charge in [0.15, 0.2) is 9.84 Å². The molecule has 21 heavy (non-hydrogen) atoms. The third-order valence-electron chi connectivity index (χ3n) is 3.48. The molecule has 2 rings (SSSR count). The summed E-state index contributed by atoms with van der Waals surface area (Å²) >= 11 is 0. The number of carboxylic acids is 1. The van der Waals surface area contributed by atoms with Gasteiger partial charge in [0, 0.05) is 0 Å². The number of hydrogen-bond donors (Lipinski definition) is 1. The van der Waals surface area contributed by atoms with Crippen molar-refractivity contribution < 1.29 is 22.7 Å². The Morgan fingerprint density at radius 3 is 2.57 bits per heavy atom. The van der Waals surface area contributed by atoms with Crippen LogP contribution in [0.1, 0.15) is 30.4 Å². The van der Waals surface area contributed by atoms with Crippen molar-refractivity contribution in [2.75, 3.05) is 5.75 Å². The predicted molar refractivity (Wildman–Crippen MR) is 72.5 cm³/mol. The number of halogens is 1. The number of sulfone groups is 1. The summed E-state index contributed by atoms with van der Waals surface area (Å²) in [5.74, 6) is -2.28. The first-order valence-corrected chi connectivity index (χ1v) is 8.18. The number of carboxylic acid groups (broad SMARTS) is 1. The second-order valence-electron chi connectivity index (χ2n) is 5.56. The summed E-state index contributed by atoms with van der Waals surface area (Å²) in [4.78, 5) is 10.7. The molecular weight excluding hydrogens is 297 g/mol. The molecule has 0 radical (unpaired) electrons. The molecule has 1 aromatic carbocycles. The standard InChI is InChI=1S/C14H14FNO4S/c15-12-4-10(7-16)3-11(5-12)8-21(19,20)9-14(1-2-14)6-13(17)18/h3-5H,1-2,6,8-9H2,(H,17,18). The number of hydrogen-bond acceptors (Lipinski definition) is 4. The van der Waals surface area contributed by atoms with E-state index in [2.05, 4.69) is 0 Å². The Bertz CT molecular complexity index is 717. The highest BCUT2D eigenvalue weighted by atomic mass is 32.2. The summed E-state index contributed by atoms with van der Waals surface area (Å²) in [6.45, 7) is 0. The molecule has 0 amide bonds. The average molecular weight is 311 g/mol. The predicted octanol–water partition coefficient (Wildman–Crippen LogP) is 1.87. The van der Waals surface area contributed by atoms with Gasteiger partial charge in [-0.15, -0.1) is 0 Å². The minimum Gasteiger partial charge on any atom is -0.481 e. The van der Waals surface area contributed by atoms with E-state index in [-0.39, 0.29) is 29.1 Å². The Morgan fingerprint density at radius 1 is 1.38 bits per heavy atom. The fourth-order valence-corrected chi connectivity index (χ4v) is 4.54. The molecule has 1 aliphatic rings. The van der Waals surface area contributed by atoms with Gasteiger partial charge < -0.3 is 5.11 Å². The molecular formula is C14H14FNO4S. The van der Waals surface area contributed by atoms with Crippen LogP contribution in [-0.2, 0) is 20.4 Å². The lowest BCUT2D eigenvalue weighted by Gasteiger charge is -2.13. The van der Waals surface area contributed by atoms with Crippen LogP contribution in [0.25, 0.3) is 0 Å². The molecule has 1 aromatic rings. The zero-order chi connectivity index (χ0) is 15.7. The summed E-state index contributed by atoms with van der Waals surface area (Å²) in [5.41, 5.74) is -0.402. The first-order valence-electron chi connectivity index (χ1n) is 6.35. The van der Waals surface area contributed by atoms with Gasteiger partial charge in [0.1, 0.15) is 5.82 Å². The third kappa shape index (κ3) is 4.26. The Morgan fingerprint density at radius 2 is 2.05 bits per heavy atom. The second kappa shape index (κ2) is 5.45.